The molecule has 0 saturated carbocycles. The summed E-state index contributed by atoms with van der Waals surface area (Å²) in [6, 6.07) is 0. The lowest BCUT2D eigenvalue weighted by Crippen LogP contribution is -2.06. The van der Waals surface area contributed by atoms with Crippen LogP contribution in [0.2, 0.25) is 0 Å². The van der Waals surface area contributed by atoms with E-state index in [1.165, 1.54) is 0 Å². The summed E-state index contributed by atoms with van der Waals surface area (Å²) in [7, 11) is 0. The lowest BCUT2D eigenvalue weighted by molar-refractivity contribution is 0.752. The molecule has 1 heterocycles. The largest absolute Gasteiger partial charge is 0.397 e. The van der Waals surface area contributed by atoms with Crippen molar-refractivity contribution in [3.8, 4) is 0 Å². The Morgan fingerprint density at radius 1 is 1.29 bits per heavy atom. The van der Waals surface area contributed by atoms with E-state index in [0.29, 0.717) is 17.5 Å². The Bertz CT molecular complexity index is 437. The highest BCUT2D eigenvalue weighted by atomic mass is 15.1. The summed E-state index contributed by atoms with van der Waals surface area (Å²) < 4.78 is 2.06. The highest BCUT2D eigenvalue weighted by molar-refractivity contribution is 5.63. The highest BCUT2D eigenvalue weighted by Gasteiger charge is 2.20. The van der Waals surface area contributed by atoms with Gasteiger partial charge in [0.25, 0.3) is 0 Å². The fourth-order valence-electron chi connectivity index (χ4n) is 1.90. The highest BCUT2D eigenvalue weighted by Crippen LogP contribution is 2.27. The first kappa shape index (κ1) is 13.6. The van der Waals surface area contributed by atoms with Gasteiger partial charge in [-0.05, 0) is 12.8 Å². The van der Waals surface area contributed by atoms with Crippen LogP contribution >= 0.6 is 0 Å². The maximum Gasteiger partial charge on any atom is 0.116 e. The molecule has 0 radical (unpaired) electrons. The summed E-state index contributed by atoms with van der Waals surface area (Å²) in [4.78, 5) is 4.72. The molecule has 0 bridgehead atoms. The van der Waals surface area contributed by atoms with Crippen LogP contribution in [0.5, 0.6) is 0 Å². The van der Waals surface area contributed by atoms with E-state index in [9.17, 15) is 0 Å². The second-order valence-electron chi connectivity index (χ2n) is 4.89. The van der Waals surface area contributed by atoms with Crippen LogP contribution in [0.15, 0.2) is 12.7 Å². The van der Waals surface area contributed by atoms with E-state index >= 15 is 0 Å². The molecule has 0 aliphatic heterocycles. The van der Waals surface area contributed by atoms with Crippen molar-refractivity contribution in [2.45, 2.75) is 46.5 Å². The van der Waals surface area contributed by atoms with Gasteiger partial charge in [-0.1, -0.05) is 40.3 Å². The first-order chi connectivity index (χ1) is 7.90. The minimum Gasteiger partial charge on any atom is -0.397 e. The van der Waals surface area contributed by atoms with E-state index in [4.69, 9.17) is 10.7 Å². The Hall–Kier alpha value is -1.51. The average Bonchev–Trinajstić information content (AvgIpc) is 2.57. The van der Waals surface area contributed by atoms with E-state index in [-0.39, 0.29) is 0 Å². The van der Waals surface area contributed by atoms with Gasteiger partial charge in [0, 0.05) is 12.1 Å². The predicted molar refractivity (Wildman–Crippen MR) is 74.6 cm³/mol. The van der Waals surface area contributed by atoms with Gasteiger partial charge in [0.2, 0.25) is 0 Å². The van der Waals surface area contributed by atoms with Crippen LogP contribution in [0.3, 0.4) is 0 Å². The molecule has 3 nitrogen and oxygen atoms in total. The molecule has 1 aromatic rings. The molecule has 1 aromatic heterocycles. The number of allylic oxidation sites excluding steroid dienone is 1. The Morgan fingerprint density at radius 3 is 2.24 bits per heavy atom. The fourth-order valence-corrected chi connectivity index (χ4v) is 1.90. The van der Waals surface area contributed by atoms with Crippen LogP contribution in [0.1, 0.15) is 63.7 Å². The molecule has 17 heavy (non-hydrogen) atoms. The van der Waals surface area contributed by atoms with Crippen molar-refractivity contribution in [3.63, 3.8) is 0 Å². The SMILES string of the molecule is C=C(N)c1c(C(C)C)nc(C(C)C)n1/C=C\C. The maximum atomic E-state index is 5.91. The van der Waals surface area contributed by atoms with Crippen molar-refractivity contribution in [1.29, 1.82) is 0 Å². The normalized spacial score (nSPS) is 11.9. The molecular weight excluding hydrogens is 210 g/mol. The molecule has 0 aliphatic rings. The molecule has 0 aliphatic carbocycles. The average molecular weight is 233 g/mol. The predicted octanol–water partition coefficient (Wildman–Crippen LogP) is 3.55. The number of hydrogen-bond acceptors (Lipinski definition) is 2. The first-order valence-electron chi connectivity index (χ1n) is 6.09. The molecule has 0 fully saturated rings. The van der Waals surface area contributed by atoms with Gasteiger partial charge in [-0.25, -0.2) is 4.98 Å². The second-order valence-corrected chi connectivity index (χ2v) is 4.89. The molecule has 0 aromatic carbocycles. The number of imidazole rings is 1. The third-order valence-electron chi connectivity index (χ3n) is 2.63. The van der Waals surface area contributed by atoms with Gasteiger partial charge in [-0.2, -0.15) is 0 Å². The Labute approximate surface area is 104 Å². The van der Waals surface area contributed by atoms with Gasteiger partial charge < -0.3 is 10.3 Å². The zero-order valence-corrected chi connectivity index (χ0v) is 11.5. The summed E-state index contributed by atoms with van der Waals surface area (Å²) in [5.41, 5.74) is 8.46. The van der Waals surface area contributed by atoms with Gasteiger partial charge in [0.1, 0.15) is 5.82 Å². The molecule has 0 amide bonds. The molecule has 0 saturated heterocycles. The van der Waals surface area contributed by atoms with Crippen LogP contribution in [0.25, 0.3) is 11.9 Å². The van der Waals surface area contributed by atoms with E-state index in [1.807, 2.05) is 19.2 Å². The van der Waals surface area contributed by atoms with Crippen molar-refractivity contribution in [3.05, 3.63) is 29.9 Å². The van der Waals surface area contributed by atoms with Gasteiger partial charge in [0.05, 0.1) is 17.1 Å². The second kappa shape index (κ2) is 5.21. The lowest BCUT2D eigenvalue weighted by Gasteiger charge is -2.10. The minimum atomic E-state index is 0.342. The zero-order chi connectivity index (χ0) is 13.2. The smallest absolute Gasteiger partial charge is 0.116 e. The number of rotatable bonds is 4. The third-order valence-corrected chi connectivity index (χ3v) is 2.63. The monoisotopic (exact) mass is 233 g/mol. The van der Waals surface area contributed by atoms with Crippen LogP contribution in [0, 0.1) is 0 Å². The molecule has 1 rings (SSSR count). The van der Waals surface area contributed by atoms with E-state index in [2.05, 4.69) is 38.8 Å². The summed E-state index contributed by atoms with van der Waals surface area (Å²) in [5, 5.41) is 0. The Kier molecular flexibility index (Phi) is 4.16. The van der Waals surface area contributed by atoms with E-state index in [0.717, 1.165) is 17.2 Å². The summed E-state index contributed by atoms with van der Waals surface area (Å²) in [6.07, 6.45) is 3.99. The quantitative estimate of drug-likeness (QED) is 0.864. The first-order valence-corrected chi connectivity index (χ1v) is 6.09. The number of hydrogen-bond donors (Lipinski definition) is 1. The summed E-state index contributed by atoms with van der Waals surface area (Å²) in [5.74, 6) is 1.74. The number of nitrogens with two attached hydrogens (primary N) is 1. The van der Waals surface area contributed by atoms with Crippen molar-refractivity contribution < 1.29 is 0 Å². The van der Waals surface area contributed by atoms with Gasteiger partial charge in [-0.3, -0.25) is 0 Å². The Balaban J connectivity index is 3.55. The summed E-state index contributed by atoms with van der Waals surface area (Å²) >= 11 is 0. The lowest BCUT2D eigenvalue weighted by atomic mass is 10.1. The molecule has 94 valence electrons. The molecule has 0 atom stereocenters. The van der Waals surface area contributed by atoms with Crippen molar-refractivity contribution in [2.75, 3.05) is 0 Å². The molecular formula is C14H23N3. The van der Waals surface area contributed by atoms with Crippen molar-refractivity contribution in [1.82, 2.24) is 9.55 Å². The number of aromatic nitrogens is 2. The summed E-state index contributed by atoms with van der Waals surface area (Å²) in [6.45, 7) is 14.4. The van der Waals surface area contributed by atoms with Crippen molar-refractivity contribution >= 4 is 11.9 Å². The van der Waals surface area contributed by atoms with Gasteiger partial charge in [0.15, 0.2) is 0 Å². The molecule has 0 spiro atoms. The van der Waals surface area contributed by atoms with Crippen LogP contribution in [-0.2, 0) is 0 Å². The van der Waals surface area contributed by atoms with E-state index in [1.54, 1.807) is 0 Å². The maximum absolute atomic E-state index is 5.91. The van der Waals surface area contributed by atoms with Gasteiger partial charge in [-0.15, -0.1) is 0 Å². The standard InChI is InChI=1S/C14H23N3/c1-7-8-17-13(11(6)15)12(9(2)3)16-14(17)10(4)5/h7-10H,6,15H2,1-5H3/b8-7-. The molecule has 0 unspecified atom stereocenters. The topological polar surface area (TPSA) is 43.8 Å². The van der Waals surface area contributed by atoms with Crippen molar-refractivity contribution in [2.24, 2.45) is 5.73 Å². The van der Waals surface area contributed by atoms with E-state index < -0.39 is 0 Å². The fraction of sp³-hybridized carbons (Fsp3) is 0.500. The number of nitrogens with zero attached hydrogens (tertiary/aromatic N) is 2. The minimum absolute atomic E-state index is 0.342. The Morgan fingerprint density at radius 2 is 1.88 bits per heavy atom. The molecule has 3 heteroatoms. The van der Waals surface area contributed by atoms with Gasteiger partial charge >= 0.3 is 0 Å². The zero-order valence-electron chi connectivity index (χ0n) is 11.5. The van der Waals surface area contributed by atoms with Crippen LogP contribution in [-0.4, -0.2) is 9.55 Å². The van der Waals surface area contributed by atoms with Crippen LogP contribution < -0.4 is 5.73 Å². The van der Waals surface area contributed by atoms with Crippen LogP contribution in [0.4, 0.5) is 0 Å². The third kappa shape index (κ3) is 2.60. The molecule has 2 N–H and O–H groups in total.